The molecular weight excluding hydrogens is 396 g/mol. The molecule has 1 aliphatic rings. The van der Waals surface area contributed by atoms with Gasteiger partial charge < -0.3 is 15.0 Å². The molecule has 0 atom stereocenters. The number of piperazine rings is 1. The van der Waals surface area contributed by atoms with Crippen molar-refractivity contribution in [1.82, 2.24) is 20.1 Å². The van der Waals surface area contributed by atoms with Crippen LogP contribution in [0.15, 0.2) is 22.9 Å². The minimum atomic E-state index is 0.0273. The third-order valence-electron chi connectivity index (χ3n) is 4.56. The van der Waals surface area contributed by atoms with Crippen molar-refractivity contribution in [3.63, 3.8) is 0 Å². The Labute approximate surface area is 173 Å². The second-order valence-electron chi connectivity index (χ2n) is 6.65. The Balaban J connectivity index is 1.38. The second kappa shape index (κ2) is 10.7. The Bertz CT molecular complexity index is 755. The van der Waals surface area contributed by atoms with Crippen LogP contribution < -0.4 is 5.32 Å². The van der Waals surface area contributed by atoms with Gasteiger partial charge in [0.15, 0.2) is 0 Å². The summed E-state index contributed by atoms with van der Waals surface area (Å²) in [6.45, 7) is 4.39. The third-order valence-corrected chi connectivity index (χ3v) is 6.49. The highest BCUT2D eigenvalue weighted by Crippen LogP contribution is 2.28. The van der Waals surface area contributed by atoms with Gasteiger partial charge in [-0.05, 0) is 17.9 Å². The van der Waals surface area contributed by atoms with E-state index in [-0.39, 0.29) is 11.8 Å². The molecule has 1 N–H and O–H groups in total. The maximum atomic E-state index is 12.6. The first-order valence-electron chi connectivity index (χ1n) is 9.40. The monoisotopic (exact) mass is 422 g/mol. The lowest BCUT2D eigenvalue weighted by molar-refractivity contribution is -0.132. The quantitative estimate of drug-likeness (QED) is 0.623. The lowest BCUT2D eigenvalue weighted by Gasteiger charge is -2.34. The average Bonchev–Trinajstić information content (AvgIpc) is 3.37. The molecule has 2 aromatic rings. The maximum absolute atomic E-state index is 12.6. The number of amides is 2. The number of nitrogens with zero attached hydrogens (tertiary/aromatic N) is 3. The summed E-state index contributed by atoms with van der Waals surface area (Å²) in [6, 6.07) is 4.05. The molecule has 3 heterocycles. The lowest BCUT2D eigenvalue weighted by atomic mass is 10.2. The molecule has 0 aromatic carbocycles. The number of ether oxygens (including phenoxy) is 1. The molecule has 0 spiro atoms. The van der Waals surface area contributed by atoms with E-state index < -0.39 is 0 Å². The molecule has 1 saturated heterocycles. The van der Waals surface area contributed by atoms with E-state index in [1.807, 2.05) is 27.8 Å². The fourth-order valence-electron chi connectivity index (χ4n) is 3.03. The molecule has 0 bridgehead atoms. The molecule has 7 nitrogen and oxygen atoms in total. The highest BCUT2D eigenvalue weighted by atomic mass is 32.1. The summed E-state index contributed by atoms with van der Waals surface area (Å²) in [4.78, 5) is 34.2. The summed E-state index contributed by atoms with van der Waals surface area (Å²) in [6.07, 6.45) is 1.15. The van der Waals surface area contributed by atoms with Crippen LogP contribution >= 0.6 is 22.7 Å². The molecule has 0 saturated carbocycles. The van der Waals surface area contributed by atoms with Crippen LogP contribution in [-0.4, -0.2) is 79.6 Å². The first-order valence-corrected chi connectivity index (χ1v) is 11.2. The Morgan fingerprint density at radius 2 is 2.07 bits per heavy atom. The maximum Gasteiger partial charge on any atom is 0.234 e. The Kier molecular flexibility index (Phi) is 7.96. The molecule has 28 heavy (non-hydrogen) atoms. The second-order valence-corrected chi connectivity index (χ2v) is 8.46. The molecule has 3 rings (SSSR count). The van der Waals surface area contributed by atoms with Gasteiger partial charge in [-0.1, -0.05) is 6.07 Å². The van der Waals surface area contributed by atoms with Crippen LogP contribution in [0.3, 0.4) is 0 Å². The number of thiophene rings is 1. The van der Waals surface area contributed by atoms with Gasteiger partial charge in [0.1, 0.15) is 5.01 Å². The first kappa shape index (κ1) is 20.9. The highest BCUT2D eigenvalue weighted by molar-refractivity contribution is 7.20. The molecule has 1 aliphatic heterocycles. The number of hydrogen-bond acceptors (Lipinski definition) is 7. The Morgan fingerprint density at radius 3 is 2.79 bits per heavy atom. The van der Waals surface area contributed by atoms with Crippen molar-refractivity contribution in [2.75, 3.05) is 53.0 Å². The average molecular weight is 423 g/mol. The molecular formula is C19H26N4O3S2. The smallest absolute Gasteiger partial charge is 0.234 e. The third kappa shape index (κ3) is 6.10. The number of nitrogens with one attached hydrogen (secondary N) is 1. The van der Waals surface area contributed by atoms with Gasteiger partial charge in [0, 0.05) is 51.8 Å². The summed E-state index contributed by atoms with van der Waals surface area (Å²) in [5.41, 5.74) is 0.830. The van der Waals surface area contributed by atoms with Gasteiger partial charge in [0.2, 0.25) is 11.8 Å². The Hall–Kier alpha value is -1.81. The summed E-state index contributed by atoms with van der Waals surface area (Å²) < 4.78 is 4.97. The summed E-state index contributed by atoms with van der Waals surface area (Å²) in [5, 5.41) is 7.87. The molecule has 9 heteroatoms. The van der Waals surface area contributed by atoms with Gasteiger partial charge in [-0.25, -0.2) is 4.98 Å². The molecule has 1 fully saturated rings. The van der Waals surface area contributed by atoms with Crippen LogP contribution in [0.2, 0.25) is 0 Å². The van der Waals surface area contributed by atoms with E-state index in [9.17, 15) is 9.59 Å². The standard InChI is InChI=1S/C19H26N4O3S2/c1-26-10-3-5-20-17(24)13-22-6-8-23(9-7-22)18(25)12-15-14-28-19(21-15)16-4-2-11-27-16/h2,4,11,14H,3,5-10,12-13H2,1H3,(H,20,24). The minimum Gasteiger partial charge on any atom is -0.385 e. The van der Waals surface area contributed by atoms with E-state index >= 15 is 0 Å². The van der Waals surface area contributed by atoms with Gasteiger partial charge >= 0.3 is 0 Å². The van der Waals surface area contributed by atoms with Crippen molar-refractivity contribution in [3.8, 4) is 9.88 Å². The van der Waals surface area contributed by atoms with E-state index in [0.29, 0.717) is 39.2 Å². The number of hydrogen-bond donors (Lipinski definition) is 1. The zero-order valence-corrected chi connectivity index (χ0v) is 17.7. The topological polar surface area (TPSA) is 74.8 Å². The van der Waals surface area contributed by atoms with Crippen LogP contribution in [0.25, 0.3) is 9.88 Å². The van der Waals surface area contributed by atoms with Crippen LogP contribution in [0.1, 0.15) is 12.1 Å². The normalized spacial score (nSPS) is 15.0. The molecule has 152 valence electrons. The number of carbonyl (C=O) groups excluding carboxylic acids is 2. The summed E-state index contributed by atoms with van der Waals surface area (Å²) >= 11 is 3.24. The van der Waals surface area contributed by atoms with E-state index in [2.05, 4.69) is 15.2 Å². The van der Waals surface area contributed by atoms with Crippen molar-refractivity contribution < 1.29 is 14.3 Å². The first-order chi connectivity index (χ1) is 13.7. The van der Waals surface area contributed by atoms with Crippen molar-refractivity contribution in [1.29, 1.82) is 0 Å². The van der Waals surface area contributed by atoms with E-state index in [1.165, 1.54) is 0 Å². The van der Waals surface area contributed by atoms with Crippen LogP contribution in [0.5, 0.6) is 0 Å². The van der Waals surface area contributed by atoms with Crippen LogP contribution in [-0.2, 0) is 20.7 Å². The lowest BCUT2D eigenvalue weighted by Crippen LogP contribution is -2.51. The predicted molar refractivity (Wildman–Crippen MR) is 112 cm³/mol. The molecule has 0 radical (unpaired) electrons. The van der Waals surface area contributed by atoms with Crippen molar-refractivity contribution in [2.24, 2.45) is 0 Å². The number of methoxy groups -OCH3 is 1. The zero-order chi connectivity index (χ0) is 19.8. The predicted octanol–water partition coefficient (Wildman–Crippen LogP) is 1.71. The molecule has 2 amide bonds. The number of thiazole rings is 1. The fourth-order valence-corrected chi connectivity index (χ4v) is 4.66. The van der Waals surface area contributed by atoms with Crippen molar-refractivity contribution in [3.05, 3.63) is 28.6 Å². The fraction of sp³-hybridized carbons (Fsp3) is 0.526. The molecule has 0 aliphatic carbocycles. The number of carbonyl (C=O) groups is 2. The van der Waals surface area contributed by atoms with Gasteiger partial charge in [-0.15, -0.1) is 22.7 Å². The molecule has 0 unspecified atom stereocenters. The van der Waals surface area contributed by atoms with Crippen molar-refractivity contribution >= 4 is 34.5 Å². The minimum absolute atomic E-state index is 0.0273. The van der Waals surface area contributed by atoms with Gasteiger partial charge in [-0.3, -0.25) is 14.5 Å². The van der Waals surface area contributed by atoms with Gasteiger partial charge in [0.05, 0.1) is 23.5 Å². The Morgan fingerprint density at radius 1 is 1.25 bits per heavy atom. The SMILES string of the molecule is COCCCNC(=O)CN1CCN(C(=O)Cc2csc(-c3cccs3)n2)CC1. The molecule has 2 aromatic heterocycles. The van der Waals surface area contributed by atoms with E-state index in [4.69, 9.17) is 4.74 Å². The zero-order valence-electron chi connectivity index (χ0n) is 16.1. The summed E-state index contributed by atoms with van der Waals surface area (Å²) in [5.74, 6) is 0.131. The summed E-state index contributed by atoms with van der Waals surface area (Å²) in [7, 11) is 1.65. The van der Waals surface area contributed by atoms with Crippen molar-refractivity contribution in [2.45, 2.75) is 12.8 Å². The van der Waals surface area contributed by atoms with Gasteiger partial charge in [0.25, 0.3) is 0 Å². The number of aromatic nitrogens is 1. The van der Waals surface area contributed by atoms with E-state index in [0.717, 1.165) is 35.1 Å². The van der Waals surface area contributed by atoms with Gasteiger partial charge in [-0.2, -0.15) is 0 Å². The van der Waals surface area contributed by atoms with E-state index in [1.54, 1.807) is 29.8 Å². The number of rotatable bonds is 9. The van der Waals surface area contributed by atoms with Crippen LogP contribution in [0, 0.1) is 0 Å². The largest absolute Gasteiger partial charge is 0.385 e. The van der Waals surface area contributed by atoms with Crippen LogP contribution in [0.4, 0.5) is 0 Å². The highest BCUT2D eigenvalue weighted by Gasteiger charge is 2.23.